The molecule has 2 aromatic rings. The van der Waals surface area contributed by atoms with Crippen molar-refractivity contribution in [3.8, 4) is 16.9 Å². The molecule has 4 rings (SSSR count). The lowest BCUT2D eigenvalue weighted by atomic mass is 9.75. The molecular weight excluding hydrogens is 392 g/mol. The molecule has 0 aromatic heterocycles. The summed E-state index contributed by atoms with van der Waals surface area (Å²) in [5, 5.41) is 13.3. The minimum Gasteiger partial charge on any atom is -0.491 e. The second-order valence-electron chi connectivity index (χ2n) is 8.63. The van der Waals surface area contributed by atoms with Crippen molar-refractivity contribution in [1.29, 1.82) is 0 Å². The first-order valence-corrected chi connectivity index (χ1v) is 11.1. The fraction of sp³-hybridized carbons (Fsp3) is 0.440. The van der Waals surface area contributed by atoms with Gasteiger partial charge in [0.05, 0.1) is 6.54 Å². The Labute approximate surface area is 183 Å². The average Bonchev–Trinajstić information content (AvgIpc) is 3.03. The van der Waals surface area contributed by atoms with E-state index in [1.165, 1.54) is 0 Å². The van der Waals surface area contributed by atoms with Gasteiger partial charge in [-0.2, -0.15) is 0 Å². The quantitative estimate of drug-likeness (QED) is 0.662. The van der Waals surface area contributed by atoms with Crippen LogP contribution in [0.5, 0.6) is 5.75 Å². The normalized spacial score (nSPS) is 24.3. The molecule has 6 nitrogen and oxygen atoms in total. The molecule has 2 fully saturated rings. The van der Waals surface area contributed by atoms with Crippen molar-refractivity contribution in [2.75, 3.05) is 13.2 Å². The number of ether oxygens (including phenoxy) is 1. The summed E-state index contributed by atoms with van der Waals surface area (Å²) in [7, 11) is 0. The summed E-state index contributed by atoms with van der Waals surface area (Å²) in [5.74, 6) is 1.04. The number of urea groups is 1. The number of aliphatic hydroxyl groups excluding tert-OH is 1. The van der Waals surface area contributed by atoms with Gasteiger partial charge in [-0.15, -0.1) is 0 Å². The van der Waals surface area contributed by atoms with Crippen LogP contribution in [0.3, 0.4) is 0 Å². The van der Waals surface area contributed by atoms with Gasteiger partial charge < -0.3 is 15.2 Å². The fourth-order valence-corrected chi connectivity index (χ4v) is 4.59. The number of hydrogen-bond acceptors (Lipinski definition) is 4. The van der Waals surface area contributed by atoms with Crippen molar-refractivity contribution in [2.45, 2.75) is 50.7 Å². The number of nitrogens with one attached hydrogen (secondary N) is 1. The molecule has 1 spiro atoms. The third-order valence-corrected chi connectivity index (χ3v) is 6.58. The highest BCUT2D eigenvalue weighted by molar-refractivity contribution is 6.07. The Balaban J connectivity index is 1.30. The van der Waals surface area contributed by atoms with E-state index in [2.05, 4.69) is 12.2 Å². The van der Waals surface area contributed by atoms with E-state index < -0.39 is 17.7 Å². The van der Waals surface area contributed by atoms with Crippen molar-refractivity contribution < 1.29 is 19.4 Å². The van der Waals surface area contributed by atoms with Crippen LogP contribution in [0.25, 0.3) is 11.1 Å². The number of carbonyl (C=O) groups excluding carboxylic acids is 2. The van der Waals surface area contributed by atoms with Gasteiger partial charge in [-0.3, -0.25) is 9.69 Å². The largest absolute Gasteiger partial charge is 0.491 e. The molecule has 2 N–H and O–H groups in total. The lowest BCUT2D eigenvalue weighted by Gasteiger charge is -2.34. The van der Waals surface area contributed by atoms with Crippen LogP contribution in [0.15, 0.2) is 54.6 Å². The second kappa shape index (κ2) is 9.10. The highest BCUT2D eigenvalue weighted by Crippen LogP contribution is 2.37. The van der Waals surface area contributed by atoms with Crippen molar-refractivity contribution >= 4 is 11.9 Å². The number of benzene rings is 2. The van der Waals surface area contributed by atoms with Gasteiger partial charge in [0.25, 0.3) is 5.91 Å². The highest BCUT2D eigenvalue weighted by Gasteiger charge is 2.52. The number of aliphatic hydroxyl groups is 1. The minimum atomic E-state index is -0.953. The zero-order chi connectivity index (χ0) is 21.8. The maximum atomic E-state index is 13.0. The molecule has 1 saturated heterocycles. The molecule has 2 aromatic carbocycles. The molecular formula is C25H30N2O4. The first-order chi connectivity index (χ1) is 15.0. The average molecular weight is 423 g/mol. The summed E-state index contributed by atoms with van der Waals surface area (Å²) < 4.78 is 5.69. The number of nitrogens with zero attached hydrogens (tertiary/aromatic N) is 1. The van der Waals surface area contributed by atoms with E-state index in [4.69, 9.17) is 4.74 Å². The third kappa shape index (κ3) is 4.59. The molecule has 31 heavy (non-hydrogen) atoms. The predicted molar refractivity (Wildman–Crippen MR) is 119 cm³/mol. The Hall–Kier alpha value is -2.86. The molecule has 164 valence electrons. The summed E-state index contributed by atoms with van der Waals surface area (Å²) in [4.78, 5) is 26.5. The SMILES string of the molecule is CCC1CCC2(CC1)NC(=O)N(CC(O)COc1ccc(-c3ccccc3)cc1)C2=O. The van der Waals surface area contributed by atoms with Crippen LogP contribution in [0.4, 0.5) is 4.79 Å². The van der Waals surface area contributed by atoms with E-state index >= 15 is 0 Å². The van der Waals surface area contributed by atoms with Crippen LogP contribution in [-0.2, 0) is 4.79 Å². The molecule has 1 saturated carbocycles. The summed E-state index contributed by atoms with van der Waals surface area (Å²) in [6.07, 6.45) is 3.39. The number of rotatable bonds is 7. The van der Waals surface area contributed by atoms with Gasteiger partial charge in [-0.05, 0) is 54.9 Å². The number of amides is 3. The third-order valence-electron chi connectivity index (χ3n) is 6.58. The Morgan fingerprint density at radius 1 is 1.06 bits per heavy atom. The van der Waals surface area contributed by atoms with Crippen molar-refractivity contribution in [3.63, 3.8) is 0 Å². The van der Waals surface area contributed by atoms with Crippen LogP contribution in [0, 0.1) is 5.92 Å². The zero-order valence-corrected chi connectivity index (χ0v) is 17.9. The molecule has 6 heteroatoms. The maximum Gasteiger partial charge on any atom is 0.325 e. The van der Waals surface area contributed by atoms with Crippen molar-refractivity contribution in [3.05, 3.63) is 54.6 Å². The van der Waals surface area contributed by atoms with Crippen LogP contribution >= 0.6 is 0 Å². The smallest absolute Gasteiger partial charge is 0.325 e. The number of hydrogen-bond donors (Lipinski definition) is 2. The minimum absolute atomic E-state index is 0.00660. The molecule has 1 aliphatic heterocycles. The van der Waals surface area contributed by atoms with Gasteiger partial charge in [-0.25, -0.2) is 4.79 Å². The first-order valence-electron chi connectivity index (χ1n) is 11.1. The van der Waals surface area contributed by atoms with E-state index in [1.54, 1.807) is 0 Å². The van der Waals surface area contributed by atoms with E-state index in [1.807, 2.05) is 54.6 Å². The zero-order valence-electron chi connectivity index (χ0n) is 17.9. The molecule has 3 amide bonds. The maximum absolute atomic E-state index is 13.0. The predicted octanol–water partition coefficient (Wildman–Crippen LogP) is 3.98. The molecule has 2 aliphatic rings. The van der Waals surface area contributed by atoms with Crippen LogP contribution in [0.1, 0.15) is 39.0 Å². The Kier molecular flexibility index (Phi) is 6.28. The molecule has 0 bridgehead atoms. The second-order valence-corrected chi connectivity index (χ2v) is 8.63. The standard InChI is InChI=1S/C25H30N2O4/c1-2-18-12-14-25(15-13-18)23(29)27(24(30)26-25)16-21(28)17-31-22-10-8-20(9-11-22)19-6-4-3-5-7-19/h3-11,18,21,28H,2,12-17H2,1H3,(H,26,30). The Morgan fingerprint density at radius 3 is 2.35 bits per heavy atom. The van der Waals surface area contributed by atoms with Crippen LogP contribution in [-0.4, -0.2) is 46.7 Å². The lowest BCUT2D eigenvalue weighted by Crippen LogP contribution is -2.50. The fourth-order valence-electron chi connectivity index (χ4n) is 4.59. The lowest BCUT2D eigenvalue weighted by molar-refractivity contribution is -0.133. The molecule has 1 atom stereocenters. The monoisotopic (exact) mass is 422 g/mol. The molecule has 0 radical (unpaired) electrons. The molecule has 1 heterocycles. The number of carbonyl (C=O) groups is 2. The van der Waals surface area contributed by atoms with Crippen LogP contribution in [0.2, 0.25) is 0 Å². The van der Waals surface area contributed by atoms with Gasteiger partial charge in [0, 0.05) is 0 Å². The molecule has 1 unspecified atom stereocenters. The topological polar surface area (TPSA) is 78.9 Å². The molecule has 1 aliphatic carbocycles. The van der Waals surface area contributed by atoms with E-state index in [0.717, 1.165) is 35.3 Å². The van der Waals surface area contributed by atoms with E-state index in [0.29, 0.717) is 24.5 Å². The van der Waals surface area contributed by atoms with Gasteiger partial charge in [0.1, 0.15) is 24.0 Å². The van der Waals surface area contributed by atoms with Crippen molar-refractivity contribution in [1.82, 2.24) is 10.2 Å². The van der Waals surface area contributed by atoms with Crippen molar-refractivity contribution in [2.24, 2.45) is 5.92 Å². The van der Waals surface area contributed by atoms with Crippen LogP contribution < -0.4 is 10.1 Å². The summed E-state index contributed by atoms with van der Waals surface area (Å²) >= 11 is 0. The summed E-state index contributed by atoms with van der Waals surface area (Å²) in [6.45, 7) is 2.11. The van der Waals surface area contributed by atoms with E-state index in [9.17, 15) is 14.7 Å². The number of imide groups is 1. The van der Waals surface area contributed by atoms with Gasteiger partial charge in [-0.1, -0.05) is 55.8 Å². The van der Waals surface area contributed by atoms with Gasteiger partial charge in [0.2, 0.25) is 0 Å². The Morgan fingerprint density at radius 2 is 1.71 bits per heavy atom. The number of β-amino-alcohol motifs (C(OH)–C–C–N with tert-alkyl or cyclic N) is 1. The van der Waals surface area contributed by atoms with Gasteiger partial charge >= 0.3 is 6.03 Å². The first kappa shape index (κ1) is 21.4. The van der Waals surface area contributed by atoms with E-state index in [-0.39, 0.29) is 19.1 Å². The van der Waals surface area contributed by atoms with Gasteiger partial charge in [0.15, 0.2) is 0 Å². The highest BCUT2D eigenvalue weighted by atomic mass is 16.5. The Bertz CT molecular complexity index is 905. The summed E-state index contributed by atoms with van der Waals surface area (Å²) in [5.41, 5.74) is 1.42. The summed E-state index contributed by atoms with van der Waals surface area (Å²) in [6, 6.07) is 17.3.